The molecule has 26 heavy (non-hydrogen) atoms. The van der Waals surface area contributed by atoms with Crippen LogP contribution in [0.1, 0.15) is 16.1 Å². The van der Waals surface area contributed by atoms with Gasteiger partial charge in [-0.3, -0.25) is 4.79 Å². The van der Waals surface area contributed by atoms with Crippen LogP contribution in [-0.2, 0) is 17.1 Å². The number of hydrogen-bond acceptors (Lipinski definition) is 4. The molecule has 0 saturated heterocycles. The molecule has 0 fully saturated rings. The summed E-state index contributed by atoms with van der Waals surface area (Å²) in [5.74, 6) is -5.03. The Hall–Kier alpha value is -2.36. The number of benzene rings is 1. The van der Waals surface area contributed by atoms with Gasteiger partial charge in [-0.05, 0) is 35.1 Å². The second-order valence-electron chi connectivity index (χ2n) is 4.90. The standard InChI is InChI=1S/C14H10BrF3N4O3S/c1-20-26(24,25)12-10(18)11(22(2)13(12)15)14(23)21-8-4-3-7(16)6(5-19)9(8)17/h3-4,20H,1-2H3,(H,21,23). The van der Waals surface area contributed by atoms with Gasteiger partial charge in [0.1, 0.15) is 27.7 Å². The second-order valence-corrected chi connectivity index (χ2v) is 7.47. The first-order valence-electron chi connectivity index (χ1n) is 6.73. The quantitative estimate of drug-likeness (QED) is 0.744. The Morgan fingerprint density at radius 1 is 1.27 bits per heavy atom. The maximum atomic E-state index is 14.6. The number of nitrogens with zero attached hydrogens (tertiary/aromatic N) is 2. The summed E-state index contributed by atoms with van der Waals surface area (Å²) in [6.07, 6.45) is 0. The summed E-state index contributed by atoms with van der Waals surface area (Å²) in [6, 6.07) is 2.91. The topological polar surface area (TPSA) is 104 Å². The zero-order valence-electron chi connectivity index (χ0n) is 13.2. The summed E-state index contributed by atoms with van der Waals surface area (Å²) in [6.45, 7) is 0. The van der Waals surface area contributed by atoms with Crippen LogP contribution in [0, 0.1) is 28.8 Å². The van der Waals surface area contributed by atoms with Crippen molar-refractivity contribution in [2.45, 2.75) is 4.90 Å². The third kappa shape index (κ3) is 3.20. The Balaban J connectivity index is 2.54. The molecule has 0 radical (unpaired) electrons. The zero-order chi connectivity index (χ0) is 19.8. The van der Waals surface area contributed by atoms with Crippen LogP contribution in [0.4, 0.5) is 18.9 Å². The highest BCUT2D eigenvalue weighted by molar-refractivity contribution is 9.10. The van der Waals surface area contributed by atoms with Gasteiger partial charge in [-0.15, -0.1) is 0 Å². The van der Waals surface area contributed by atoms with Gasteiger partial charge in [0.15, 0.2) is 16.5 Å². The highest BCUT2D eigenvalue weighted by Crippen LogP contribution is 2.30. The molecule has 2 rings (SSSR count). The molecule has 1 amide bonds. The summed E-state index contributed by atoms with van der Waals surface area (Å²) in [4.78, 5) is 11.5. The van der Waals surface area contributed by atoms with E-state index < -0.39 is 55.2 Å². The van der Waals surface area contributed by atoms with Crippen molar-refractivity contribution in [3.8, 4) is 6.07 Å². The van der Waals surface area contributed by atoms with Gasteiger partial charge >= 0.3 is 0 Å². The van der Waals surface area contributed by atoms with Crippen molar-refractivity contribution in [1.82, 2.24) is 9.29 Å². The normalized spacial score (nSPS) is 11.3. The van der Waals surface area contributed by atoms with Crippen LogP contribution in [0.15, 0.2) is 21.6 Å². The van der Waals surface area contributed by atoms with Gasteiger partial charge in [-0.25, -0.2) is 26.3 Å². The number of aromatic nitrogens is 1. The summed E-state index contributed by atoms with van der Waals surface area (Å²) in [5.41, 5.74) is -2.20. The Bertz CT molecular complexity index is 1060. The van der Waals surface area contributed by atoms with Gasteiger partial charge in [0.2, 0.25) is 10.0 Å². The largest absolute Gasteiger partial charge is 0.331 e. The average Bonchev–Trinajstić information content (AvgIpc) is 2.80. The molecular weight excluding hydrogens is 441 g/mol. The minimum absolute atomic E-state index is 0.244. The van der Waals surface area contributed by atoms with E-state index in [2.05, 4.69) is 15.9 Å². The number of sulfonamides is 1. The predicted octanol–water partition coefficient (Wildman–Crippen LogP) is 2.24. The van der Waals surface area contributed by atoms with E-state index in [1.807, 2.05) is 10.0 Å². The average molecular weight is 451 g/mol. The Morgan fingerprint density at radius 2 is 1.88 bits per heavy atom. The third-order valence-corrected chi connectivity index (χ3v) is 6.07. The van der Waals surface area contributed by atoms with Gasteiger partial charge in [0.05, 0.1) is 5.69 Å². The predicted molar refractivity (Wildman–Crippen MR) is 88.3 cm³/mol. The molecule has 1 aromatic heterocycles. The lowest BCUT2D eigenvalue weighted by Crippen LogP contribution is -2.20. The van der Waals surface area contributed by atoms with Crippen molar-refractivity contribution in [3.05, 3.63) is 45.4 Å². The molecule has 0 bridgehead atoms. The lowest BCUT2D eigenvalue weighted by molar-refractivity contribution is 0.101. The van der Waals surface area contributed by atoms with Gasteiger partial charge in [0.25, 0.3) is 5.91 Å². The number of halogens is 4. The molecule has 138 valence electrons. The van der Waals surface area contributed by atoms with Crippen LogP contribution in [-0.4, -0.2) is 25.9 Å². The van der Waals surface area contributed by atoms with E-state index in [1.165, 1.54) is 13.1 Å². The Kier molecular flexibility index (Phi) is 5.45. The van der Waals surface area contributed by atoms with Crippen molar-refractivity contribution < 1.29 is 26.4 Å². The lowest BCUT2D eigenvalue weighted by atomic mass is 10.2. The second kappa shape index (κ2) is 7.10. The number of nitrogens with one attached hydrogen (secondary N) is 2. The van der Waals surface area contributed by atoms with E-state index in [0.717, 1.165) is 23.7 Å². The number of carbonyl (C=O) groups excluding carboxylic acids is 1. The molecule has 0 unspecified atom stereocenters. The van der Waals surface area contributed by atoms with Gasteiger partial charge in [-0.1, -0.05) is 0 Å². The van der Waals surface area contributed by atoms with E-state index in [9.17, 15) is 26.4 Å². The van der Waals surface area contributed by atoms with Gasteiger partial charge < -0.3 is 9.88 Å². The van der Waals surface area contributed by atoms with E-state index in [0.29, 0.717) is 0 Å². The van der Waals surface area contributed by atoms with E-state index in [4.69, 9.17) is 5.26 Å². The van der Waals surface area contributed by atoms with E-state index in [1.54, 1.807) is 0 Å². The minimum atomic E-state index is -4.23. The fourth-order valence-corrected chi connectivity index (χ4v) is 4.00. The molecule has 1 heterocycles. The fraction of sp³-hybridized carbons (Fsp3) is 0.143. The van der Waals surface area contributed by atoms with Crippen LogP contribution in [0.3, 0.4) is 0 Å². The summed E-state index contributed by atoms with van der Waals surface area (Å²) < 4.78 is 68.3. The minimum Gasteiger partial charge on any atom is -0.331 e. The molecule has 0 atom stereocenters. The van der Waals surface area contributed by atoms with Crippen LogP contribution >= 0.6 is 15.9 Å². The van der Waals surface area contributed by atoms with E-state index >= 15 is 0 Å². The molecule has 0 spiro atoms. The fourth-order valence-electron chi connectivity index (χ4n) is 2.11. The molecule has 0 aliphatic rings. The first-order chi connectivity index (χ1) is 12.1. The number of amides is 1. The molecule has 2 aromatic rings. The highest BCUT2D eigenvalue weighted by Gasteiger charge is 2.32. The van der Waals surface area contributed by atoms with Crippen molar-refractivity contribution in [2.75, 3.05) is 12.4 Å². The maximum absolute atomic E-state index is 14.6. The van der Waals surface area contributed by atoms with Gasteiger partial charge in [0, 0.05) is 7.05 Å². The molecule has 0 aliphatic heterocycles. The van der Waals surface area contributed by atoms with Crippen molar-refractivity contribution in [3.63, 3.8) is 0 Å². The first kappa shape index (κ1) is 20.0. The van der Waals surface area contributed by atoms with Gasteiger partial charge in [-0.2, -0.15) is 5.26 Å². The Labute approximate surface area is 154 Å². The number of carbonyl (C=O) groups is 1. The number of rotatable bonds is 4. The van der Waals surface area contributed by atoms with Crippen molar-refractivity contribution >= 4 is 37.5 Å². The van der Waals surface area contributed by atoms with Crippen LogP contribution in [0.5, 0.6) is 0 Å². The highest BCUT2D eigenvalue weighted by atomic mass is 79.9. The third-order valence-electron chi connectivity index (χ3n) is 3.43. The smallest absolute Gasteiger partial charge is 0.275 e. The molecule has 1 aromatic carbocycles. The van der Waals surface area contributed by atoms with Crippen LogP contribution in [0.2, 0.25) is 0 Å². The SMILES string of the molecule is CNS(=O)(=O)c1c(F)c(C(=O)Nc2ccc(F)c(C#N)c2F)n(C)c1Br. The van der Waals surface area contributed by atoms with E-state index in [-0.39, 0.29) is 4.60 Å². The molecular formula is C14H10BrF3N4O3S. The number of anilines is 1. The monoisotopic (exact) mass is 450 g/mol. The maximum Gasteiger partial charge on any atom is 0.275 e. The molecule has 2 N–H and O–H groups in total. The molecule has 12 heteroatoms. The number of nitriles is 1. The van der Waals surface area contributed by atoms with Crippen molar-refractivity contribution in [2.24, 2.45) is 7.05 Å². The molecule has 7 nitrogen and oxygen atoms in total. The lowest BCUT2D eigenvalue weighted by Gasteiger charge is -2.08. The summed E-state index contributed by atoms with van der Waals surface area (Å²) in [5, 5.41) is 10.7. The zero-order valence-corrected chi connectivity index (χ0v) is 15.6. The first-order valence-corrected chi connectivity index (χ1v) is 9.01. The Morgan fingerprint density at radius 3 is 2.42 bits per heavy atom. The number of hydrogen-bond donors (Lipinski definition) is 2. The summed E-state index contributed by atoms with van der Waals surface area (Å²) >= 11 is 2.89. The molecule has 0 aliphatic carbocycles. The van der Waals surface area contributed by atoms with Crippen LogP contribution < -0.4 is 10.0 Å². The molecule has 0 saturated carbocycles. The summed E-state index contributed by atoms with van der Waals surface area (Å²) in [7, 11) is -1.96. The van der Waals surface area contributed by atoms with Crippen molar-refractivity contribution in [1.29, 1.82) is 5.26 Å². The van der Waals surface area contributed by atoms with Crippen LogP contribution in [0.25, 0.3) is 0 Å².